The van der Waals surface area contributed by atoms with Crippen LogP contribution >= 0.6 is 0 Å². The van der Waals surface area contributed by atoms with Crippen LogP contribution in [0.15, 0.2) is 36.1 Å². The Hall–Kier alpha value is -0.980. The molecule has 1 heteroatoms. The highest BCUT2D eigenvalue weighted by Crippen LogP contribution is 2.25. The topological polar surface area (TPSA) is 26.0 Å². The van der Waals surface area contributed by atoms with Crippen molar-refractivity contribution in [1.29, 1.82) is 0 Å². The van der Waals surface area contributed by atoms with Gasteiger partial charge in [-0.05, 0) is 24.0 Å². The number of hydrogen-bond acceptors (Lipinski definition) is 1. The van der Waals surface area contributed by atoms with Crippen molar-refractivity contribution in [3.8, 4) is 0 Å². The van der Waals surface area contributed by atoms with Crippen LogP contribution in [0.1, 0.15) is 41.5 Å². The molecule has 0 bridgehead atoms. The molecule has 0 radical (unpaired) electrons. The summed E-state index contributed by atoms with van der Waals surface area (Å²) in [7, 11) is 0. The molecule has 1 nitrogen and oxygen atoms in total. The van der Waals surface area contributed by atoms with Gasteiger partial charge in [0.05, 0.1) is 0 Å². The maximum absolute atomic E-state index is 5.43. The third-order valence-corrected chi connectivity index (χ3v) is 1.65. The average Bonchev–Trinajstić information content (AvgIpc) is 2.06. The summed E-state index contributed by atoms with van der Waals surface area (Å²) in [5, 5.41) is 0. The molecular weight excluding hydrogens is 170 g/mol. The maximum Gasteiger partial charge on any atom is 0.0241 e. The summed E-state index contributed by atoms with van der Waals surface area (Å²) in [6.45, 7) is 16.2. The van der Waals surface area contributed by atoms with Crippen molar-refractivity contribution in [2.75, 3.05) is 0 Å². The van der Waals surface area contributed by atoms with E-state index < -0.39 is 0 Å². The fourth-order valence-electron chi connectivity index (χ4n) is 0.976. The first-order valence-electron chi connectivity index (χ1n) is 5.17. The molecule has 0 aliphatic rings. The van der Waals surface area contributed by atoms with E-state index in [0.717, 1.165) is 0 Å². The minimum atomic E-state index is 0.181. The summed E-state index contributed by atoms with van der Waals surface area (Å²) in [5.41, 5.74) is 7.48. The Kier molecular flexibility index (Phi) is 8.22. The summed E-state index contributed by atoms with van der Waals surface area (Å²) < 4.78 is 0. The highest BCUT2D eigenvalue weighted by Gasteiger charge is 2.12. The molecule has 0 aromatic rings. The lowest BCUT2D eigenvalue weighted by Gasteiger charge is -2.19. The molecule has 0 unspecified atom stereocenters. The Labute approximate surface area is 89.4 Å². The fraction of sp³-hybridized carbons (Fsp3) is 0.538. The Balaban J connectivity index is 0. The van der Waals surface area contributed by atoms with E-state index in [1.165, 1.54) is 5.57 Å². The van der Waals surface area contributed by atoms with E-state index in [4.69, 9.17) is 5.73 Å². The monoisotopic (exact) mass is 195 g/mol. The van der Waals surface area contributed by atoms with Crippen LogP contribution in [0.2, 0.25) is 0 Å². The van der Waals surface area contributed by atoms with Gasteiger partial charge in [-0.3, -0.25) is 0 Å². The van der Waals surface area contributed by atoms with Gasteiger partial charge >= 0.3 is 0 Å². The van der Waals surface area contributed by atoms with Gasteiger partial charge in [0.25, 0.3) is 0 Å². The highest BCUT2D eigenvalue weighted by atomic mass is 14.5. The predicted octanol–water partition coefficient (Wildman–Crippen LogP) is 4.03. The van der Waals surface area contributed by atoms with Gasteiger partial charge < -0.3 is 5.73 Å². The van der Waals surface area contributed by atoms with Crippen LogP contribution in [-0.4, -0.2) is 0 Å². The molecule has 0 spiro atoms. The molecule has 0 heterocycles. The zero-order valence-corrected chi connectivity index (χ0v) is 10.5. The Morgan fingerprint density at radius 3 is 1.79 bits per heavy atom. The van der Waals surface area contributed by atoms with Crippen molar-refractivity contribution in [1.82, 2.24) is 0 Å². The van der Waals surface area contributed by atoms with Crippen molar-refractivity contribution >= 4 is 0 Å². The van der Waals surface area contributed by atoms with Gasteiger partial charge in [0.15, 0.2) is 0 Å². The first-order valence-corrected chi connectivity index (χ1v) is 5.17. The minimum Gasteiger partial charge on any atom is -0.399 e. The molecule has 0 fully saturated rings. The van der Waals surface area contributed by atoms with Crippen LogP contribution in [0.4, 0.5) is 0 Å². The smallest absolute Gasteiger partial charge is 0.0241 e. The van der Waals surface area contributed by atoms with E-state index in [9.17, 15) is 0 Å². The number of rotatable bonds is 2. The molecule has 0 saturated carbocycles. The molecule has 0 aromatic carbocycles. The van der Waals surface area contributed by atoms with Gasteiger partial charge in [0.2, 0.25) is 0 Å². The lowest BCUT2D eigenvalue weighted by Crippen LogP contribution is -2.07. The molecule has 14 heavy (non-hydrogen) atoms. The molecule has 0 aliphatic carbocycles. The van der Waals surface area contributed by atoms with Crippen LogP contribution < -0.4 is 5.73 Å². The second-order valence-electron chi connectivity index (χ2n) is 3.90. The standard InChI is InChI=1S/C11H19N.C2H6/c1-6-10(11(3,4)5)8-7-9(2)12;1-2/h6-8H,2,12H2,1,3-5H3;1-2H3/b8-7-,10-6+;. The van der Waals surface area contributed by atoms with E-state index in [-0.39, 0.29) is 5.41 Å². The van der Waals surface area contributed by atoms with Gasteiger partial charge in [-0.25, -0.2) is 0 Å². The van der Waals surface area contributed by atoms with Crippen LogP contribution in [-0.2, 0) is 0 Å². The minimum absolute atomic E-state index is 0.181. The predicted molar refractivity (Wildman–Crippen MR) is 67.0 cm³/mol. The van der Waals surface area contributed by atoms with E-state index >= 15 is 0 Å². The summed E-state index contributed by atoms with van der Waals surface area (Å²) in [5.74, 6) is 0. The van der Waals surface area contributed by atoms with Gasteiger partial charge in [-0.2, -0.15) is 0 Å². The van der Waals surface area contributed by atoms with E-state index in [1.54, 1.807) is 0 Å². The first-order chi connectivity index (χ1) is 6.38. The number of allylic oxidation sites excluding steroid dienone is 4. The zero-order chi connectivity index (χ0) is 11.8. The third-order valence-electron chi connectivity index (χ3n) is 1.65. The lowest BCUT2D eigenvalue weighted by atomic mass is 9.86. The summed E-state index contributed by atoms with van der Waals surface area (Å²) in [4.78, 5) is 0. The van der Waals surface area contributed by atoms with Crippen molar-refractivity contribution in [3.63, 3.8) is 0 Å². The van der Waals surface area contributed by atoms with Crippen LogP contribution in [0.5, 0.6) is 0 Å². The molecule has 0 aromatic heterocycles. The largest absolute Gasteiger partial charge is 0.399 e. The third kappa shape index (κ3) is 7.66. The normalized spacial score (nSPS) is 12.3. The molecule has 0 amide bonds. The molecule has 2 N–H and O–H groups in total. The summed E-state index contributed by atoms with van der Waals surface area (Å²) in [6.07, 6.45) is 5.95. The fourth-order valence-corrected chi connectivity index (χ4v) is 0.976. The maximum atomic E-state index is 5.43. The molecule has 0 atom stereocenters. The lowest BCUT2D eigenvalue weighted by molar-refractivity contribution is 0.516. The first kappa shape index (κ1) is 15.5. The average molecular weight is 195 g/mol. The van der Waals surface area contributed by atoms with E-state index in [2.05, 4.69) is 33.4 Å². The SMILES string of the molecule is C=C(N)/C=C\C(=C/C)C(C)(C)C.CC. The second-order valence-corrected chi connectivity index (χ2v) is 3.90. The van der Waals surface area contributed by atoms with Crippen molar-refractivity contribution in [3.05, 3.63) is 36.1 Å². The highest BCUT2D eigenvalue weighted by molar-refractivity contribution is 5.28. The van der Waals surface area contributed by atoms with Crippen molar-refractivity contribution in [2.45, 2.75) is 41.5 Å². The molecule has 0 saturated heterocycles. The summed E-state index contributed by atoms with van der Waals surface area (Å²) >= 11 is 0. The Bertz CT molecular complexity index is 214. The quantitative estimate of drug-likeness (QED) is 0.661. The van der Waals surface area contributed by atoms with Crippen LogP contribution in [0.25, 0.3) is 0 Å². The zero-order valence-electron chi connectivity index (χ0n) is 10.5. The molecule has 0 rings (SSSR count). The van der Waals surface area contributed by atoms with Crippen LogP contribution in [0, 0.1) is 5.41 Å². The van der Waals surface area contributed by atoms with E-state index in [0.29, 0.717) is 5.70 Å². The van der Waals surface area contributed by atoms with Gasteiger partial charge in [0.1, 0.15) is 0 Å². The molecular formula is C13H25N. The van der Waals surface area contributed by atoms with Gasteiger partial charge in [-0.1, -0.05) is 53.3 Å². The molecule has 0 aliphatic heterocycles. The second kappa shape index (κ2) is 7.43. The molecule has 82 valence electrons. The van der Waals surface area contributed by atoms with Crippen molar-refractivity contribution in [2.24, 2.45) is 11.1 Å². The van der Waals surface area contributed by atoms with Gasteiger partial charge in [-0.15, -0.1) is 0 Å². The van der Waals surface area contributed by atoms with Crippen LogP contribution in [0.3, 0.4) is 0 Å². The van der Waals surface area contributed by atoms with Crippen molar-refractivity contribution < 1.29 is 0 Å². The van der Waals surface area contributed by atoms with Gasteiger partial charge in [0, 0.05) is 5.70 Å². The number of nitrogens with two attached hydrogens (primary N) is 1. The number of hydrogen-bond donors (Lipinski definition) is 1. The Morgan fingerprint density at radius 2 is 1.57 bits per heavy atom. The van der Waals surface area contributed by atoms with E-state index in [1.807, 2.05) is 32.9 Å². The summed E-state index contributed by atoms with van der Waals surface area (Å²) in [6, 6.07) is 0. The Morgan fingerprint density at radius 1 is 1.14 bits per heavy atom.